The molecule has 3 atom stereocenters. The van der Waals surface area contributed by atoms with E-state index in [1.807, 2.05) is 19.1 Å². The summed E-state index contributed by atoms with van der Waals surface area (Å²) in [7, 11) is 0. The van der Waals surface area contributed by atoms with Crippen molar-refractivity contribution < 1.29 is 22.3 Å². The van der Waals surface area contributed by atoms with Crippen LogP contribution in [0.5, 0.6) is 0 Å². The monoisotopic (exact) mass is 291 g/mol. The summed E-state index contributed by atoms with van der Waals surface area (Å²) in [6, 6.07) is 3.93. The molecular formula is C14H20F3NO2. The number of furan rings is 1. The van der Waals surface area contributed by atoms with Gasteiger partial charge in [-0.2, -0.15) is 13.2 Å². The van der Waals surface area contributed by atoms with E-state index in [4.69, 9.17) is 9.15 Å². The Morgan fingerprint density at radius 3 is 2.90 bits per heavy atom. The van der Waals surface area contributed by atoms with Gasteiger partial charge < -0.3 is 14.5 Å². The SMILES string of the molecule is CC(NC1CCCC(OCC(F)(F)F)C1)c1ccco1. The zero-order valence-electron chi connectivity index (χ0n) is 11.5. The molecule has 1 aromatic heterocycles. The lowest BCUT2D eigenvalue weighted by Gasteiger charge is -2.31. The van der Waals surface area contributed by atoms with Gasteiger partial charge in [0, 0.05) is 6.04 Å². The molecule has 0 aliphatic heterocycles. The zero-order valence-corrected chi connectivity index (χ0v) is 11.5. The first kappa shape index (κ1) is 15.4. The van der Waals surface area contributed by atoms with Crippen LogP contribution < -0.4 is 5.32 Å². The highest BCUT2D eigenvalue weighted by atomic mass is 19.4. The van der Waals surface area contributed by atoms with Crippen molar-refractivity contribution in [3.8, 4) is 0 Å². The quantitative estimate of drug-likeness (QED) is 0.895. The number of alkyl halides is 3. The Hall–Kier alpha value is -1.01. The third kappa shape index (κ3) is 4.83. The first-order chi connectivity index (χ1) is 9.44. The van der Waals surface area contributed by atoms with Crippen molar-refractivity contribution in [2.75, 3.05) is 6.61 Å². The third-order valence-corrected chi connectivity index (χ3v) is 3.56. The Balaban J connectivity index is 1.78. The lowest BCUT2D eigenvalue weighted by Crippen LogP contribution is -2.39. The van der Waals surface area contributed by atoms with Crippen molar-refractivity contribution in [1.29, 1.82) is 0 Å². The van der Waals surface area contributed by atoms with Gasteiger partial charge in [0.2, 0.25) is 0 Å². The predicted octanol–water partition coefficient (Wildman–Crippen LogP) is 3.82. The van der Waals surface area contributed by atoms with Crippen LogP contribution in [0, 0.1) is 0 Å². The van der Waals surface area contributed by atoms with E-state index in [1.54, 1.807) is 6.26 Å². The highest BCUT2D eigenvalue weighted by molar-refractivity contribution is 5.03. The summed E-state index contributed by atoms with van der Waals surface area (Å²) in [5.41, 5.74) is 0. The van der Waals surface area contributed by atoms with Gasteiger partial charge in [-0.15, -0.1) is 0 Å². The summed E-state index contributed by atoms with van der Waals surface area (Å²) in [4.78, 5) is 0. The molecule has 3 nitrogen and oxygen atoms in total. The molecular weight excluding hydrogens is 271 g/mol. The van der Waals surface area contributed by atoms with Gasteiger partial charge in [-0.05, 0) is 44.7 Å². The number of nitrogens with one attached hydrogen (secondary N) is 1. The third-order valence-electron chi connectivity index (χ3n) is 3.56. The summed E-state index contributed by atoms with van der Waals surface area (Å²) in [6.07, 6.45) is 0.199. The van der Waals surface area contributed by atoms with Crippen LogP contribution in [-0.2, 0) is 4.74 Å². The number of hydrogen-bond donors (Lipinski definition) is 1. The van der Waals surface area contributed by atoms with Crippen LogP contribution in [0.4, 0.5) is 13.2 Å². The molecule has 0 aromatic carbocycles. The second-order valence-electron chi connectivity index (χ2n) is 5.32. The van der Waals surface area contributed by atoms with Gasteiger partial charge in [0.15, 0.2) is 0 Å². The van der Waals surface area contributed by atoms with Crippen LogP contribution in [0.1, 0.15) is 44.4 Å². The normalized spacial score (nSPS) is 25.6. The zero-order chi connectivity index (χ0) is 14.6. The fraction of sp³-hybridized carbons (Fsp3) is 0.714. The summed E-state index contributed by atoms with van der Waals surface area (Å²) in [6.45, 7) is 0.830. The second-order valence-corrected chi connectivity index (χ2v) is 5.32. The lowest BCUT2D eigenvalue weighted by molar-refractivity contribution is -0.188. The molecule has 1 aliphatic carbocycles. The Kier molecular flexibility index (Phi) is 5.10. The van der Waals surface area contributed by atoms with Crippen molar-refractivity contribution >= 4 is 0 Å². The largest absolute Gasteiger partial charge is 0.468 e. The first-order valence-corrected chi connectivity index (χ1v) is 6.92. The van der Waals surface area contributed by atoms with Crippen molar-refractivity contribution in [2.24, 2.45) is 0 Å². The molecule has 1 saturated carbocycles. The minimum absolute atomic E-state index is 0.0522. The van der Waals surface area contributed by atoms with Gasteiger partial charge in [0.05, 0.1) is 18.4 Å². The maximum Gasteiger partial charge on any atom is 0.411 e. The number of hydrogen-bond acceptors (Lipinski definition) is 3. The number of halogens is 3. The van der Waals surface area contributed by atoms with Gasteiger partial charge in [-0.3, -0.25) is 0 Å². The molecule has 0 saturated heterocycles. The Morgan fingerprint density at radius 2 is 2.25 bits per heavy atom. The first-order valence-electron chi connectivity index (χ1n) is 6.92. The molecule has 0 amide bonds. The molecule has 1 heterocycles. The van der Waals surface area contributed by atoms with Gasteiger partial charge >= 0.3 is 6.18 Å². The fourth-order valence-corrected chi connectivity index (χ4v) is 2.63. The second kappa shape index (κ2) is 6.63. The highest BCUT2D eigenvalue weighted by Crippen LogP contribution is 2.26. The Bertz CT molecular complexity index is 392. The van der Waals surface area contributed by atoms with Gasteiger partial charge in [0.25, 0.3) is 0 Å². The summed E-state index contributed by atoms with van der Waals surface area (Å²) >= 11 is 0. The van der Waals surface area contributed by atoms with E-state index in [9.17, 15) is 13.2 Å². The van der Waals surface area contributed by atoms with Crippen LogP contribution in [-0.4, -0.2) is 24.9 Å². The van der Waals surface area contributed by atoms with Gasteiger partial charge in [-0.25, -0.2) is 0 Å². The molecule has 6 heteroatoms. The lowest BCUT2D eigenvalue weighted by atomic mass is 9.92. The van der Waals surface area contributed by atoms with Crippen molar-refractivity contribution in [2.45, 2.75) is 57.0 Å². The van der Waals surface area contributed by atoms with E-state index in [-0.39, 0.29) is 18.2 Å². The average Bonchev–Trinajstić information content (AvgIpc) is 2.90. The molecule has 1 N–H and O–H groups in total. The molecule has 1 fully saturated rings. The molecule has 1 aromatic rings. The smallest absolute Gasteiger partial charge is 0.411 e. The molecule has 1 aliphatic rings. The minimum atomic E-state index is -4.25. The van der Waals surface area contributed by atoms with Crippen molar-refractivity contribution in [3.63, 3.8) is 0 Å². The molecule has 2 rings (SSSR count). The molecule has 0 bridgehead atoms. The maximum atomic E-state index is 12.2. The standard InChI is InChI=1S/C14H20F3NO2/c1-10(13-6-3-7-19-13)18-11-4-2-5-12(8-11)20-9-14(15,16)17/h3,6-7,10-12,18H,2,4-5,8-9H2,1H3. The highest BCUT2D eigenvalue weighted by Gasteiger charge is 2.31. The van der Waals surface area contributed by atoms with E-state index < -0.39 is 12.8 Å². The van der Waals surface area contributed by atoms with Crippen LogP contribution in [0.15, 0.2) is 22.8 Å². The van der Waals surface area contributed by atoms with E-state index >= 15 is 0 Å². The molecule has 0 radical (unpaired) electrons. The molecule has 114 valence electrons. The van der Waals surface area contributed by atoms with Crippen LogP contribution in [0.3, 0.4) is 0 Å². The molecule has 3 unspecified atom stereocenters. The summed E-state index contributed by atoms with van der Waals surface area (Å²) in [5, 5.41) is 3.39. The minimum Gasteiger partial charge on any atom is -0.468 e. The number of ether oxygens (including phenoxy) is 1. The van der Waals surface area contributed by atoms with Crippen LogP contribution >= 0.6 is 0 Å². The van der Waals surface area contributed by atoms with Gasteiger partial charge in [-0.1, -0.05) is 0 Å². The van der Waals surface area contributed by atoms with E-state index in [0.29, 0.717) is 12.8 Å². The maximum absolute atomic E-state index is 12.2. The number of rotatable bonds is 5. The predicted molar refractivity (Wildman–Crippen MR) is 68.3 cm³/mol. The Morgan fingerprint density at radius 1 is 1.45 bits per heavy atom. The van der Waals surface area contributed by atoms with E-state index in [0.717, 1.165) is 18.6 Å². The van der Waals surface area contributed by atoms with Gasteiger partial charge in [0.1, 0.15) is 12.4 Å². The average molecular weight is 291 g/mol. The van der Waals surface area contributed by atoms with E-state index in [1.165, 1.54) is 0 Å². The fourth-order valence-electron chi connectivity index (χ4n) is 2.63. The Labute approximate surface area is 116 Å². The van der Waals surface area contributed by atoms with Crippen molar-refractivity contribution in [3.05, 3.63) is 24.2 Å². The summed E-state index contributed by atoms with van der Waals surface area (Å²) < 4.78 is 46.7. The molecule has 0 spiro atoms. The van der Waals surface area contributed by atoms with Crippen molar-refractivity contribution in [1.82, 2.24) is 5.32 Å². The van der Waals surface area contributed by atoms with E-state index in [2.05, 4.69) is 5.32 Å². The summed E-state index contributed by atoms with van der Waals surface area (Å²) in [5.74, 6) is 0.836. The topological polar surface area (TPSA) is 34.4 Å². The van der Waals surface area contributed by atoms with Crippen LogP contribution in [0.25, 0.3) is 0 Å². The molecule has 20 heavy (non-hydrogen) atoms. The van der Waals surface area contributed by atoms with Crippen LogP contribution in [0.2, 0.25) is 0 Å².